The molecule has 632 valence electrons. The fourth-order valence-corrected chi connectivity index (χ4v) is 18.4. The Hall–Kier alpha value is -4.64. The van der Waals surface area contributed by atoms with Gasteiger partial charge in [0, 0.05) is 36.5 Å². The average Bonchev–Trinajstić information content (AvgIpc) is 1.49. The quantitative estimate of drug-likeness (QED) is 0.0689. The molecule has 4 saturated carbocycles. The van der Waals surface area contributed by atoms with E-state index in [0.29, 0.717) is 38.2 Å². The van der Waals surface area contributed by atoms with Crippen LogP contribution in [-0.2, 0) is 119 Å². The molecule has 10 fully saturated rings. The highest BCUT2D eigenvalue weighted by molar-refractivity contribution is 5.80. The Balaban J connectivity index is 1.11. The molecule has 0 aromatic heterocycles. The Bertz CT molecular complexity index is 3450. The Kier molecular flexibility index (Phi) is 24.3. The fourth-order valence-electron chi connectivity index (χ4n) is 18.4. The number of rotatable bonds is 15. The second-order valence-electron chi connectivity index (χ2n) is 43.1. The first-order valence-electron chi connectivity index (χ1n) is 40.8. The number of epoxide rings is 1. The van der Waals surface area contributed by atoms with Crippen molar-refractivity contribution >= 4 is 47.8 Å². The van der Waals surface area contributed by atoms with Gasteiger partial charge in [0.25, 0.3) is 0 Å². The van der Waals surface area contributed by atoms with E-state index in [0.717, 1.165) is 32.1 Å². The minimum atomic E-state index is -1.87. The van der Waals surface area contributed by atoms with E-state index in [1.807, 2.05) is 0 Å². The van der Waals surface area contributed by atoms with Crippen molar-refractivity contribution in [3.8, 4) is 0 Å². The molecule has 0 radical (unpaired) electrons. The largest absolute Gasteiger partial charge is 0.462 e. The van der Waals surface area contributed by atoms with Crippen LogP contribution in [0.2, 0.25) is 0 Å². The second-order valence-corrected chi connectivity index (χ2v) is 43.1. The lowest BCUT2D eigenvalue weighted by Crippen LogP contribution is -2.69. The molecule has 28 atom stereocenters. The molecule has 0 aromatic carbocycles. The van der Waals surface area contributed by atoms with Crippen molar-refractivity contribution in [2.24, 2.45) is 89.7 Å². The van der Waals surface area contributed by atoms with Crippen molar-refractivity contribution in [3.63, 3.8) is 0 Å². The van der Waals surface area contributed by atoms with Gasteiger partial charge in [-0.1, -0.05) is 27.7 Å². The summed E-state index contributed by atoms with van der Waals surface area (Å²) < 4.78 is 116. The van der Waals surface area contributed by atoms with E-state index in [1.165, 1.54) is 0 Å². The molecule has 10 rings (SSSR count). The van der Waals surface area contributed by atoms with E-state index in [9.17, 15) is 38.7 Å². The van der Waals surface area contributed by atoms with E-state index in [1.54, 1.807) is 180 Å². The fraction of sp³-hybridized carbons (Fsp3) is 0.906. The number of hydrogen-bond acceptors (Lipinski definition) is 26. The van der Waals surface area contributed by atoms with E-state index in [-0.39, 0.29) is 46.5 Å². The third-order valence-electron chi connectivity index (χ3n) is 25.3. The first-order chi connectivity index (χ1) is 50.5. The Morgan fingerprint density at radius 1 is 0.423 bits per heavy atom. The molecule has 6 saturated heterocycles. The van der Waals surface area contributed by atoms with Crippen molar-refractivity contribution in [2.45, 2.75) is 387 Å². The zero-order valence-electron chi connectivity index (χ0n) is 72.2. The Morgan fingerprint density at radius 2 is 0.820 bits per heavy atom. The van der Waals surface area contributed by atoms with Crippen molar-refractivity contribution in [2.75, 3.05) is 13.2 Å². The topological polar surface area (TPSA) is 317 Å². The highest BCUT2D eigenvalue weighted by Crippen LogP contribution is 2.77. The van der Waals surface area contributed by atoms with Crippen LogP contribution in [-0.4, -0.2) is 188 Å². The molecule has 0 aromatic rings. The maximum Gasteiger partial charge on any atom is 0.311 e. The first kappa shape index (κ1) is 88.7. The minimum Gasteiger partial charge on any atom is -0.462 e. The number of aliphatic hydroxyl groups is 1. The van der Waals surface area contributed by atoms with Crippen molar-refractivity contribution in [1.82, 2.24) is 0 Å². The molecule has 10 aliphatic rings. The third kappa shape index (κ3) is 17.7. The molecule has 1 N–H and O–H groups in total. The molecule has 6 heterocycles. The summed E-state index contributed by atoms with van der Waals surface area (Å²) >= 11 is 0. The van der Waals surface area contributed by atoms with Crippen LogP contribution in [0.5, 0.6) is 0 Å². The smallest absolute Gasteiger partial charge is 0.311 e. The van der Waals surface area contributed by atoms with E-state index in [4.69, 9.17) is 80.5 Å². The summed E-state index contributed by atoms with van der Waals surface area (Å²) in [6.45, 7) is 51.4. The Morgan fingerprint density at radius 3 is 1.23 bits per heavy atom. The standard InChI is InChI=1S/C85H136O26/c1-42-31-36-85(96-40-42)43(2)61-81(29)34-33-48-47(49(81)39-84(61,94)111-85)37-51-83(110-51)38-46(32-35-82(48,83)30)99-64-58(102-63-60(109-72(93)80(26,27)28)56(106-69(90)77(17,18)19)53(45(4)98-63)104-67(88)75(11,12)13)57(107-70(91)78(20,21)22)54(50(100-64)41-95-65(86)73(5,6)7)101-62-59(108-71(92)79(23,24)25)55(105-68(89)76(14,15)16)52(44(3)97-62)103-66(87)74(8,9)10/h42-64,94H,31-41H2,1-30H3/t42-,43+,44+,45+,46+,47-,48+,49+,50-,51?,52+,53+,54-,55-,56-,57+,58-,59-,60-,61-,62+,63+,64-,81+,82-,83?,84+,85-/m1/s1. The molecule has 26 nitrogen and oxygen atoms in total. The predicted octanol–water partition coefficient (Wildman–Crippen LogP) is 12.5. The molecule has 2 spiro atoms. The van der Waals surface area contributed by atoms with Gasteiger partial charge in [0.1, 0.15) is 24.4 Å². The van der Waals surface area contributed by atoms with E-state index < -0.39 is 213 Å². The zero-order chi connectivity index (χ0) is 83.2. The van der Waals surface area contributed by atoms with Gasteiger partial charge in [0.2, 0.25) is 0 Å². The summed E-state index contributed by atoms with van der Waals surface area (Å²) in [5.74, 6) is -7.54. The van der Waals surface area contributed by atoms with E-state index in [2.05, 4.69) is 27.7 Å². The number of esters is 8. The number of hydrogen-bond donors (Lipinski definition) is 1. The maximum atomic E-state index is 15.4. The van der Waals surface area contributed by atoms with Crippen LogP contribution in [0.1, 0.15) is 265 Å². The highest BCUT2D eigenvalue weighted by atomic mass is 16.8. The van der Waals surface area contributed by atoms with Crippen LogP contribution >= 0.6 is 0 Å². The zero-order valence-corrected chi connectivity index (χ0v) is 72.2. The van der Waals surface area contributed by atoms with Gasteiger partial charge >= 0.3 is 47.8 Å². The molecule has 4 aliphatic carbocycles. The molecular formula is C85H136O26. The minimum absolute atomic E-state index is 0.0289. The van der Waals surface area contributed by atoms with Gasteiger partial charge in [-0.05, 0) is 248 Å². The number of ether oxygens (including phenoxy) is 17. The Labute approximate surface area is 658 Å². The lowest BCUT2D eigenvalue weighted by molar-refractivity contribution is -0.391. The maximum absolute atomic E-state index is 15.4. The first-order valence-corrected chi connectivity index (χ1v) is 40.8. The van der Waals surface area contributed by atoms with Gasteiger partial charge in [0.15, 0.2) is 79.3 Å². The normalized spacial score (nSPS) is 41.2. The van der Waals surface area contributed by atoms with Gasteiger partial charge in [-0.15, -0.1) is 0 Å². The van der Waals surface area contributed by atoms with Crippen LogP contribution in [0.15, 0.2) is 0 Å². The molecule has 0 amide bonds. The van der Waals surface area contributed by atoms with Crippen LogP contribution in [0.4, 0.5) is 0 Å². The molecule has 111 heavy (non-hydrogen) atoms. The highest BCUT2D eigenvalue weighted by Gasteiger charge is 2.80. The molecule has 2 unspecified atom stereocenters. The number of fused-ring (bicyclic) bond motifs is 6. The van der Waals surface area contributed by atoms with E-state index >= 15 is 4.79 Å². The lowest BCUT2D eigenvalue weighted by atomic mass is 9.44. The second kappa shape index (κ2) is 30.4. The molecule has 0 bridgehead atoms. The summed E-state index contributed by atoms with van der Waals surface area (Å²) in [5.41, 5.74) is -10.9. The molecular weight excluding hydrogens is 1440 g/mol. The summed E-state index contributed by atoms with van der Waals surface area (Å²) in [7, 11) is 0. The van der Waals surface area contributed by atoms with Gasteiger partial charge in [-0.3, -0.25) is 38.4 Å². The van der Waals surface area contributed by atoms with Crippen LogP contribution < -0.4 is 0 Å². The van der Waals surface area contributed by atoms with Gasteiger partial charge in [-0.25, -0.2) is 0 Å². The van der Waals surface area contributed by atoms with Crippen molar-refractivity contribution in [1.29, 1.82) is 0 Å². The van der Waals surface area contributed by atoms with Crippen molar-refractivity contribution in [3.05, 3.63) is 0 Å². The van der Waals surface area contributed by atoms with Crippen LogP contribution in [0, 0.1) is 89.7 Å². The van der Waals surface area contributed by atoms with Gasteiger partial charge in [-0.2, -0.15) is 0 Å². The molecule has 26 heteroatoms. The summed E-state index contributed by atoms with van der Waals surface area (Å²) in [5, 5.41) is 12.9. The summed E-state index contributed by atoms with van der Waals surface area (Å²) in [6, 6.07) is 0. The van der Waals surface area contributed by atoms with Crippen LogP contribution in [0.3, 0.4) is 0 Å². The summed E-state index contributed by atoms with van der Waals surface area (Å²) in [4.78, 5) is 117. The predicted molar refractivity (Wildman–Crippen MR) is 400 cm³/mol. The monoisotopic (exact) mass is 1570 g/mol. The van der Waals surface area contributed by atoms with Gasteiger partial charge in [0.05, 0.1) is 74.3 Å². The average molecular weight is 1570 g/mol. The SMILES string of the molecule is C[C@@H]1CC[C@@]2(OC1)O[C@@]1(O)C[C@H]3[C@@H]4CC5OC56C[C@@H](O[C@@H]5O[C@H](COC(=O)C(C)(C)C)[C@@H](O[C@@H]7O[C@@H](C)[C@H](OC(=O)C(C)(C)C)[C@@H](OC(=O)C(C)(C)C)[C@H]7OC(=O)C(C)(C)C)[C@H](OC(=O)C(C)(C)C)[C@H]5O[C@@H]5O[C@@H](C)[C@H](OC(=O)C(C)(C)C)[C@@H](OC(=O)C(C)(C)C)[C@H]5OC(=O)C(C)(C)C)CC[C@]6(C)[C@H]4CC[C@]3(C)[C@H]1[C@@H]2C. The summed E-state index contributed by atoms with van der Waals surface area (Å²) in [6.07, 6.45) is -19.6. The number of carbonyl (C=O) groups is 8. The van der Waals surface area contributed by atoms with Gasteiger partial charge < -0.3 is 85.6 Å². The third-order valence-corrected chi connectivity index (χ3v) is 25.3. The number of carbonyl (C=O) groups excluding carboxylic acids is 8. The van der Waals surface area contributed by atoms with Crippen molar-refractivity contribution < 1.29 is 124 Å². The van der Waals surface area contributed by atoms with Crippen LogP contribution in [0.25, 0.3) is 0 Å². The molecule has 6 aliphatic heterocycles. The lowest BCUT2D eigenvalue weighted by Gasteiger charge is -2.60.